The van der Waals surface area contributed by atoms with Crippen LogP contribution in [-0.4, -0.2) is 45.7 Å². The number of carbonyl (C=O) groups excluding carboxylic acids is 1. The predicted molar refractivity (Wildman–Crippen MR) is 114 cm³/mol. The fourth-order valence-electron chi connectivity index (χ4n) is 4.30. The summed E-state index contributed by atoms with van der Waals surface area (Å²) < 4.78 is 5.64. The maximum absolute atomic E-state index is 13.2. The quantitative estimate of drug-likeness (QED) is 0.435. The molecule has 1 amide bonds. The molecule has 0 saturated heterocycles. The maximum Gasteiger partial charge on any atom is 0.306 e. The molecule has 1 saturated carbocycles. The van der Waals surface area contributed by atoms with E-state index in [2.05, 4.69) is 10.3 Å². The zero-order valence-electron chi connectivity index (χ0n) is 18.4. The van der Waals surface area contributed by atoms with Gasteiger partial charge in [0.2, 0.25) is 5.91 Å². The van der Waals surface area contributed by atoms with Gasteiger partial charge in [0.05, 0.1) is 42.7 Å². The lowest BCUT2D eigenvalue weighted by Crippen LogP contribution is -2.48. The summed E-state index contributed by atoms with van der Waals surface area (Å²) >= 11 is 0. The Bertz CT molecular complexity index is 743. The Morgan fingerprint density at radius 3 is 2.48 bits per heavy atom. The minimum Gasteiger partial charge on any atom is -0.481 e. The van der Waals surface area contributed by atoms with Crippen molar-refractivity contribution in [1.29, 1.82) is 0 Å². The number of carboxylic acids is 2. The topological polar surface area (TPSA) is 126 Å². The molecular formula is C23H34N2O6. The first-order chi connectivity index (χ1) is 14.8. The first-order valence-corrected chi connectivity index (χ1v) is 11.0. The van der Waals surface area contributed by atoms with Crippen LogP contribution in [0.5, 0.6) is 0 Å². The molecule has 2 rings (SSSR count). The first-order valence-electron chi connectivity index (χ1n) is 11.0. The number of aryl methyl sites for hydroxylation is 1. The third-order valence-electron chi connectivity index (χ3n) is 5.96. The van der Waals surface area contributed by atoms with E-state index in [1.54, 1.807) is 6.20 Å². The molecule has 1 heterocycles. The van der Waals surface area contributed by atoms with Gasteiger partial charge in [-0.05, 0) is 44.2 Å². The summed E-state index contributed by atoms with van der Waals surface area (Å²) in [6.45, 7) is 4.13. The maximum atomic E-state index is 13.2. The van der Waals surface area contributed by atoms with Crippen molar-refractivity contribution in [3.05, 3.63) is 29.6 Å². The molecule has 3 N–H and O–H groups in total. The van der Waals surface area contributed by atoms with Crippen LogP contribution in [0.25, 0.3) is 0 Å². The first kappa shape index (κ1) is 24.8. The number of amides is 1. The zero-order chi connectivity index (χ0) is 22.9. The molecule has 0 aliphatic heterocycles. The molecule has 0 radical (unpaired) electrons. The average molecular weight is 435 g/mol. The third-order valence-corrected chi connectivity index (χ3v) is 5.96. The predicted octanol–water partition coefficient (Wildman–Crippen LogP) is 3.32. The van der Waals surface area contributed by atoms with Gasteiger partial charge in [-0.3, -0.25) is 19.4 Å². The van der Waals surface area contributed by atoms with E-state index in [1.807, 2.05) is 26.0 Å². The lowest BCUT2D eigenvalue weighted by atomic mass is 9.75. The Morgan fingerprint density at radius 2 is 1.94 bits per heavy atom. The number of nitrogens with zero attached hydrogens (tertiary/aromatic N) is 1. The molecule has 2 atom stereocenters. The van der Waals surface area contributed by atoms with Gasteiger partial charge in [-0.1, -0.05) is 32.3 Å². The highest BCUT2D eigenvalue weighted by Gasteiger charge is 2.44. The van der Waals surface area contributed by atoms with E-state index in [0.717, 1.165) is 30.5 Å². The van der Waals surface area contributed by atoms with Gasteiger partial charge in [-0.15, -0.1) is 0 Å². The summed E-state index contributed by atoms with van der Waals surface area (Å²) in [6.07, 6.45) is 5.99. The van der Waals surface area contributed by atoms with E-state index in [0.29, 0.717) is 19.3 Å². The summed E-state index contributed by atoms with van der Waals surface area (Å²) in [5.41, 5.74) is 1.000. The fourth-order valence-corrected chi connectivity index (χ4v) is 4.30. The number of ether oxygens (including phenoxy) is 1. The van der Waals surface area contributed by atoms with Gasteiger partial charge in [0.1, 0.15) is 0 Å². The van der Waals surface area contributed by atoms with Crippen LogP contribution in [0.1, 0.15) is 69.5 Å². The van der Waals surface area contributed by atoms with Crippen LogP contribution in [0.2, 0.25) is 0 Å². The van der Waals surface area contributed by atoms with E-state index in [4.69, 9.17) is 4.74 Å². The number of aliphatic carboxylic acids is 2. The minimum atomic E-state index is -1.03. The van der Waals surface area contributed by atoms with Crippen molar-refractivity contribution in [2.24, 2.45) is 11.3 Å². The highest BCUT2D eigenvalue weighted by Crippen LogP contribution is 2.44. The Hall–Kier alpha value is -2.48. The smallest absolute Gasteiger partial charge is 0.306 e. The number of nitrogens with one attached hydrogen (secondary N) is 1. The lowest BCUT2D eigenvalue weighted by Gasteiger charge is -2.32. The summed E-state index contributed by atoms with van der Waals surface area (Å²) in [7, 11) is 0. The summed E-state index contributed by atoms with van der Waals surface area (Å²) in [5.74, 6) is -2.74. The van der Waals surface area contributed by atoms with Crippen LogP contribution in [-0.2, 0) is 25.7 Å². The highest BCUT2D eigenvalue weighted by atomic mass is 16.5. The normalized spacial score (nSPS) is 17.1. The Kier molecular flexibility index (Phi) is 9.43. The second-order valence-electron chi connectivity index (χ2n) is 8.63. The van der Waals surface area contributed by atoms with Crippen molar-refractivity contribution in [3.63, 3.8) is 0 Å². The van der Waals surface area contributed by atoms with Crippen molar-refractivity contribution in [3.8, 4) is 0 Å². The van der Waals surface area contributed by atoms with Gasteiger partial charge in [-0.2, -0.15) is 0 Å². The molecule has 8 nitrogen and oxygen atoms in total. The third kappa shape index (κ3) is 7.61. The van der Waals surface area contributed by atoms with Crippen molar-refractivity contribution >= 4 is 17.8 Å². The number of rotatable bonds is 13. The number of hydrogen-bond acceptors (Lipinski definition) is 5. The van der Waals surface area contributed by atoms with Gasteiger partial charge >= 0.3 is 11.9 Å². The van der Waals surface area contributed by atoms with E-state index in [1.165, 1.54) is 0 Å². The van der Waals surface area contributed by atoms with Crippen LogP contribution >= 0.6 is 0 Å². The molecule has 0 aromatic carbocycles. The van der Waals surface area contributed by atoms with Crippen molar-refractivity contribution in [1.82, 2.24) is 10.3 Å². The van der Waals surface area contributed by atoms with Crippen molar-refractivity contribution < 1.29 is 29.3 Å². The molecule has 1 aromatic heterocycles. The molecule has 1 fully saturated rings. The highest BCUT2D eigenvalue weighted by molar-refractivity contribution is 5.84. The Morgan fingerprint density at radius 1 is 1.23 bits per heavy atom. The monoisotopic (exact) mass is 434 g/mol. The second kappa shape index (κ2) is 11.8. The molecule has 0 bridgehead atoms. The number of pyridine rings is 1. The van der Waals surface area contributed by atoms with Crippen molar-refractivity contribution in [2.75, 3.05) is 6.61 Å². The number of aromatic nitrogens is 1. The standard InChI is InChI=1S/C23H34N2O6/c1-3-6-17(21(28)29)12-23(9-4-5-10-23)22(30)25-19(11-20(26)27)15-31-14-18-8-7-16(2)13-24-18/h7-8,13,17,19H,3-6,9-12,14-15H2,1-2H3,(H,25,30)(H,26,27)(H,28,29)/t17-,19-/m1/s1. The van der Waals surface area contributed by atoms with Crippen molar-refractivity contribution in [2.45, 2.75) is 77.9 Å². The van der Waals surface area contributed by atoms with Crippen LogP contribution in [0.3, 0.4) is 0 Å². The summed E-state index contributed by atoms with van der Waals surface area (Å²) in [5, 5.41) is 21.7. The number of carboxylic acid groups (broad SMARTS) is 2. The molecule has 0 spiro atoms. The summed E-state index contributed by atoms with van der Waals surface area (Å²) in [6, 6.07) is 3.07. The van der Waals surface area contributed by atoms with Gasteiger partial charge in [0.15, 0.2) is 0 Å². The molecule has 31 heavy (non-hydrogen) atoms. The largest absolute Gasteiger partial charge is 0.481 e. The number of carbonyl (C=O) groups is 3. The van der Waals surface area contributed by atoms with E-state index in [9.17, 15) is 24.6 Å². The lowest BCUT2D eigenvalue weighted by molar-refractivity contribution is -0.144. The minimum absolute atomic E-state index is 0.0427. The van der Waals surface area contributed by atoms with Crippen LogP contribution in [0.15, 0.2) is 18.3 Å². The zero-order valence-corrected chi connectivity index (χ0v) is 18.4. The van der Waals surface area contributed by atoms with E-state index < -0.39 is 29.3 Å². The van der Waals surface area contributed by atoms with Gasteiger partial charge < -0.3 is 20.3 Å². The molecule has 1 aliphatic carbocycles. The van der Waals surface area contributed by atoms with Gasteiger partial charge in [-0.25, -0.2) is 0 Å². The molecule has 1 aliphatic rings. The molecule has 0 unspecified atom stereocenters. The summed E-state index contributed by atoms with van der Waals surface area (Å²) in [4.78, 5) is 40.5. The Balaban J connectivity index is 2.02. The van der Waals surface area contributed by atoms with E-state index in [-0.39, 0.29) is 32.0 Å². The molecule has 1 aromatic rings. The van der Waals surface area contributed by atoms with Crippen LogP contribution in [0, 0.1) is 18.3 Å². The second-order valence-corrected chi connectivity index (χ2v) is 8.63. The fraction of sp³-hybridized carbons (Fsp3) is 0.652. The van der Waals surface area contributed by atoms with Crippen LogP contribution in [0.4, 0.5) is 0 Å². The molecule has 8 heteroatoms. The molecular weight excluding hydrogens is 400 g/mol. The molecule has 172 valence electrons. The average Bonchev–Trinajstić information content (AvgIpc) is 3.18. The SMILES string of the molecule is CCC[C@H](CC1(C(=O)N[C@@H](COCc2ccc(C)cn2)CC(=O)O)CCCC1)C(=O)O. The number of hydrogen-bond donors (Lipinski definition) is 3. The van der Waals surface area contributed by atoms with Gasteiger partial charge in [0, 0.05) is 6.20 Å². The van der Waals surface area contributed by atoms with Crippen LogP contribution < -0.4 is 5.32 Å². The van der Waals surface area contributed by atoms with Gasteiger partial charge in [0.25, 0.3) is 0 Å². The Labute approximate surface area is 183 Å². The van der Waals surface area contributed by atoms with E-state index >= 15 is 0 Å².